The average molecular weight is 363 g/mol. The Bertz CT molecular complexity index is 1010. The molecule has 2 aromatic carbocycles. The molecule has 6 nitrogen and oxygen atoms in total. The van der Waals surface area contributed by atoms with E-state index in [0.29, 0.717) is 5.56 Å². The van der Waals surface area contributed by atoms with E-state index in [2.05, 4.69) is 0 Å². The lowest BCUT2D eigenvalue weighted by atomic mass is 10.0. The lowest BCUT2D eigenvalue weighted by molar-refractivity contribution is -0.130. The molecule has 0 saturated heterocycles. The zero-order valence-corrected chi connectivity index (χ0v) is 14.0. The van der Waals surface area contributed by atoms with Crippen LogP contribution in [0.5, 0.6) is 0 Å². The summed E-state index contributed by atoms with van der Waals surface area (Å²) in [6.07, 6.45) is 0.389. The Balaban J connectivity index is 1.84. The molecule has 25 heavy (non-hydrogen) atoms. The summed E-state index contributed by atoms with van der Waals surface area (Å²) in [5, 5.41) is 3.64. The summed E-state index contributed by atoms with van der Waals surface area (Å²) in [5.41, 5.74) is 0.546. The van der Waals surface area contributed by atoms with Crippen molar-refractivity contribution in [3.05, 3.63) is 46.9 Å². The van der Waals surface area contributed by atoms with Gasteiger partial charge in [0.1, 0.15) is 12.6 Å². The van der Waals surface area contributed by atoms with Crippen LogP contribution in [0.3, 0.4) is 0 Å². The number of carbonyl (C=O) groups excluding carboxylic acids is 2. The molecule has 1 aliphatic rings. The second kappa shape index (κ2) is 6.29. The first-order valence-corrected chi connectivity index (χ1v) is 8.89. The molecule has 0 fully saturated rings. The van der Waals surface area contributed by atoms with Crippen LogP contribution in [-0.4, -0.2) is 33.2 Å². The Morgan fingerprint density at radius 1 is 1.20 bits per heavy atom. The molecule has 8 heteroatoms. The van der Waals surface area contributed by atoms with E-state index >= 15 is 0 Å². The lowest BCUT2D eigenvalue weighted by Gasteiger charge is -2.10. The minimum Gasteiger partial charge on any atom is -0.444 e. The number of ether oxygens (including phenoxy) is 1. The standard InChI is InChI=1S/C17H14FNO5S/c1-10(16(18)20)19-17(21)24-9-12-8-14-13-5-3-2-4-11(13)6-7-15(14)25(12,22)23/h2-8,10H,9H2,1H3,(H,19,21)/t10-/m0/s1. The molecule has 1 atom stereocenters. The zero-order chi connectivity index (χ0) is 18.2. The van der Waals surface area contributed by atoms with Gasteiger partial charge in [0.15, 0.2) is 0 Å². The molecule has 0 aliphatic carbocycles. The molecule has 0 aromatic heterocycles. The zero-order valence-electron chi connectivity index (χ0n) is 13.2. The van der Waals surface area contributed by atoms with E-state index in [0.717, 1.165) is 17.7 Å². The van der Waals surface area contributed by atoms with E-state index < -0.39 is 34.6 Å². The van der Waals surface area contributed by atoms with Gasteiger partial charge in [0.25, 0.3) is 0 Å². The van der Waals surface area contributed by atoms with Crippen molar-refractivity contribution in [3.8, 4) is 0 Å². The quantitative estimate of drug-likeness (QED) is 0.844. The fraction of sp³-hybridized carbons (Fsp3) is 0.176. The number of sulfone groups is 1. The van der Waals surface area contributed by atoms with Crippen LogP contribution in [0.15, 0.2) is 46.2 Å². The first-order valence-electron chi connectivity index (χ1n) is 7.41. The molecule has 130 valence electrons. The van der Waals surface area contributed by atoms with E-state index in [-0.39, 0.29) is 9.80 Å². The second-order valence-corrected chi connectivity index (χ2v) is 7.53. The number of hydrogen-bond donors (Lipinski definition) is 1. The number of halogens is 1. The van der Waals surface area contributed by atoms with Gasteiger partial charge in [0.05, 0.1) is 9.80 Å². The van der Waals surface area contributed by atoms with E-state index in [1.807, 2.05) is 23.5 Å². The number of fused-ring (bicyclic) bond motifs is 3. The highest BCUT2D eigenvalue weighted by Gasteiger charge is 2.31. The molecule has 1 amide bonds. The Hall–Kier alpha value is -2.74. The third-order valence-electron chi connectivity index (χ3n) is 3.89. The van der Waals surface area contributed by atoms with Crippen LogP contribution in [0.1, 0.15) is 12.5 Å². The molecule has 0 radical (unpaired) electrons. The number of carbonyl (C=O) groups is 2. The molecular formula is C17H14FNO5S. The van der Waals surface area contributed by atoms with Crippen molar-refractivity contribution >= 4 is 38.8 Å². The van der Waals surface area contributed by atoms with Crippen molar-refractivity contribution < 1.29 is 27.1 Å². The van der Waals surface area contributed by atoms with Gasteiger partial charge >= 0.3 is 12.1 Å². The van der Waals surface area contributed by atoms with Crippen LogP contribution in [0, 0.1) is 0 Å². The molecule has 0 unspecified atom stereocenters. The van der Waals surface area contributed by atoms with Gasteiger partial charge in [-0.25, -0.2) is 13.2 Å². The molecule has 2 aromatic rings. The smallest absolute Gasteiger partial charge is 0.408 e. The van der Waals surface area contributed by atoms with E-state index in [9.17, 15) is 22.4 Å². The fourth-order valence-electron chi connectivity index (χ4n) is 2.57. The number of hydrogen-bond acceptors (Lipinski definition) is 5. The molecule has 1 aliphatic heterocycles. The minimum absolute atomic E-state index is 0.0757. The summed E-state index contributed by atoms with van der Waals surface area (Å²) in [6.45, 7) is 0.640. The Kier molecular flexibility index (Phi) is 4.30. The summed E-state index contributed by atoms with van der Waals surface area (Å²) >= 11 is 0. The fourth-order valence-corrected chi connectivity index (χ4v) is 4.04. The molecule has 0 saturated carbocycles. The van der Waals surface area contributed by atoms with Crippen molar-refractivity contribution in [1.82, 2.24) is 5.32 Å². The van der Waals surface area contributed by atoms with E-state index in [1.54, 1.807) is 12.1 Å². The average Bonchev–Trinajstić information content (AvgIpc) is 2.83. The summed E-state index contributed by atoms with van der Waals surface area (Å²) in [5.74, 6) is 0. The SMILES string of the molecule is C[C@H](NC(=O)OCC1=Cc2c(ccc3ccccc23)S1(=O)=O)C(=O)F. The predicted octanol–water partition coefficient (Wildman–Crippen LogP) is 2.58. The van der Waals surface area contributed by atoms with Gasteiger partial charge in [-0.2, -0.15) is 4.39 Å². The first-order chi connectivity index (χ1) is 11.8. The van der Waals surface area contributed by atoms with Gasteiger partial charge in [-0.3, -0.25) is 4.79 Å². The van der Waals surface area contributed by atoms with Gasteiger partial charge in [0, 0.05) is 5.56 Å². The van der Waals surface area contributed by atoms with Gasteiger partial charge in [-0.1, -0.05) is 30.3 Å². The lowest BCUT2D eigenvalue weighted by Crippen LogP contribution is -2.37. The summed E-state index contributed by atoms with van der Waals surface area (Å²) in [6, 6.07) is 7.49. The van der Waals surface area contributed by atoms with Crippen LogP contribution in [0.25, 0.3) is 16.8 Å². The Morgan fingerprint density at radius 2 is 1.92 bits per heavy atom. The number of amides is 1. The predicted molar refractivity (Wildman–Crippen MR) is 89.2 cm³/mol. The highest BCUT2D eigenvalue weighted by atomic mass is 32.2. The summed E-state index contributed by atoms with van der Waals surface area (Å²) in [4.78, 5) is 22.1. The van der Waals surface area contributed by atoms with Gasteiger partial charge in [0.2, 0.25) is 9.84 Å². The minimum atomic E-state index is -3.76. The Labute approximate surface area is 143 Å². The Morgan fingerprint density at radius 3 is 2.64 bits per heavy atom. The maximum Gasteiger partial charge on any atom is 0.408 e. The first kappa shape index (κ1) is 17.1. The number of rotatable bonds is 4. The highest BCUT2D eigenvalue weighted by Crippen LogP contribution is 2.37. The molecule has 1 N–H and O–H groups in total. The number of benzene rings is 2. The van der Waals surface area contributed by atoms with Crippen molar-refractivity contribution in [3.63, 3.8) is 0 Å². The van der Waals surface area contributed by atoms with E-state index in [1.165, 1.54) is 12.1 Å². The monoisotopic (exact) mass is 363 g/mol. The third kappa shape index (κ3) is 3.12. The molecular weight excluding hydrogens is 349 g/mol. The van der Waals surface area contributed by atoms with Crippen LogP contribution in [0.4, 0.5) is 9.18 Å². The second-order valence-electron chi connectivity index (χ2n) is 5.56. The topological polar surface area (TPSA) is 89.5 Å². The van der Waals surface area contributed by atoms with Crippen LogP contribution >= 0.6 is 0 Å². The van der Waals surface area contributed by atoms with Crippen molar-refractivity contribution in [2.75, 3.05) is 6.61 Å². The van der Waals surface area contributed by atoms with Crippen LogP contribution < -0.4 is 5.32 Å². The summed E-state index contributed by atoms with van der Waals surface area (Å²) in [7, 11) is -3.76. The molecule has 1 heterocycles. The highest BCUT2D eigenvalue weighted by molar-refractivity contribution is 7.95. The van der Waals surface area contributed by atoms with Gasteiger partial charge in [-0.15, -0.1) is 0 Å². The normalized spacial score (nSPS) is 16.0. The van der Waals surface area contributed by atoms with Crippen LogP contribution in [0.2, 0.25) is 0 Å². The molecule has 0 bridgehead atoms. The maximum absolute atomic E-state index is 12.6. The van der Waals surface area contributed by atoms with Crippen molar-refractivity contribution in [2.45, 2.75) is 17.9 Å². The molecule has 0 spiro atoms. The summed E-state index contributed by atoms with van der Waals surface area (Å²) < 4.78 is 42.4. The largest absolute Gasteiger partial charge is 0.444 e. The molecule has 3 rings (SSSR count). The third-order valence-corrected chi connectivity index (χ3v) is 5.75. The van der Waals surface area contributed by atoms with E-state index in [4.69, 9.17) is 4.74 Å². The van der Waals surface area contributed by atoms with Crippen molar-refractivity contribution in [2.24, 2.45) is 0 Å². The number of nitrogens with one attached hydrogen (secondary N) is 1. The van der Waals surface area contributed by atoms with Gasteiger partial charge in [-0.05, 0) is 29.8 Å². The maximum atomic E-state index is 12.6. The van der Waals surface area contributed by atoms with Gasteiger partial charge < -0.3 is 10.1 Å². The van der Waals surface area contributed by atoms with Crippen molar-refractivity contribution in [1.29, 1.82) is 0 Å². The number of alkyl carbamates (subject to hydrolysis) is 1. The van der Waals surface area contributed by atoms with Crippen LogP contribution in [-0.2, 0) is 19.4 Å².